The van der Waals surface area contributed by atoms with E-state index in [9.17, 15) is 0 Å². The molecule has 0 atom stereocenters. The molecule has 1 N–H and O–H groups in total. The maximum Gasteiger partial charge on any atom is 0.194 e. The lowest BCUT2D eigenvalue weighted by Gasteiger charge is -2.04. The van der Waals surface area contributed by atoms with Crippen LogP contribution in [0.4, 0.5) is 0 Å². The fourth-order valence-electron chi connectivity index (χ4n) is 1.90. The third kappa shape index (κ3) is 2.68. The van der Waals surface area contributed by atoms with E-state index in [4.69, 9.17) is 4.98 Å². The van der Waals surface area contributed by atoms with Gasteiger partial charge in [-0.05, 0) is 18.7 Å². The fraction of sp³-hybridized carbons (Fsp3) is 0.214. The number of hydrogen-bond acceptors (Lipinski definition) is 4. The van der Waals surface area contributed by atoms with Gasteiger partial charge in [0, 0.05) is 23.0 Å². The molecule has 0 saturated heterocycles. The lowest BCUT2D eigenvalue weighted by molar-refractivity contribution is 0.694. The van der Waals surface area contributed by atoms with Crippen LogP contribution in [0.3, 0.4) is 0 Å². The predicted molar refractivity (Wildman–Crippen MR) is 81.0 cm³/mol. The maximum absolute atomic E-state index is 4.73. The van der Waals surface area contributed by atoms with E-state index >= 15 is 0 Å². The molecule has 3 aromatic rings. The highest BCUT2D eigenvalue weighted by Gasteiger charge is 2.13. The maximum atomic E-state index is 4.73. The molecule has 98 valence electrons. The van der Waals surface area contributed by atoms with Crippen LogP contribution in [-0.4, -0.2) is 15.9 Å². The van der Waals surface area contributed by atoms with Crippen molar-refractivity contribution in [1.82, 2.24) is 14.7 Å². The van der Waals surface area contributed by atoms with Crippen molar-refractivity contribution in [2.75, 3.05) is 6.54 Å². The second kappa shape index (κ2) is 5.77. The van der Waals surface area contributed by atoms with Crippen LogP contribution in [-0.2, 0) is 6.54 Å². The van der Waals surface area contributed by atoms with E-state index in [1.807, 2.05) is 6.07 Å². The molecule has 0 aliphatic rings. The van der Waals surface area contributed by atoms with E-state index in [2.05, 4.69) is 52.5 Å². The average molecular weight is 289 g/mol. The molecule has 2 heterocycles. The van der Waals surface area contributed by atoms with Gasteiger partial charge in [-0.1, -0.05) is 36.9 Å². The predicted octanol–water partition coefficient (Wildman–Crippen LogP) is 3.66. The van der Waals surface area contributed by atoms with Gasteiger partial charge in [-0.2, -0.15) is 0 Å². The SMILES string of the molecule is CCNCc1c(Sc2ccccc2)nc2sccn12. The summed E-state index contributed by atoms with van der Waals surface area (Å²) in [6, 6.07) is 10.4. The molecule has 0 fully saturated rings. The molecular weight excluding hydrogens is 274 g/mol. The topological polar surface area (TPSA) is 29.3 Å². The minimum Gasteiger partial charge on any atom is -0.311 e. The summed E-state index contributed by atoms with van der Waals surface area (Å²) in [6.07, 6.45) is 2.09. The molecule has 5 heteroatoms. The summed E-state index contributed by atoms with van der Waals surface area (Å²) in [5.74, 6) is 0. The summed E-state index contributed by atoms with van der Waals surface area (Å²) in [5.41, 5.74) is 1.24. The Bertz CT molecular complexity index is 658. The summed E-state index contributed by atoms with van der Waals surface area (Å²) in [6.45, 7) is 3.94. The van der Waals surface area contributed by atoms with Crippen molar-refractivity contribution in [3.63, 3.8) is 0 Å². The van der Waals surface area contributed by atoms with Gasteiger partial charge >= 0.3 is 0 Å². The third-order valence-corrected chi connectivity index (χ3v) is 4.61. The quantitative estimate of drug-likeness (QED) is 0.777. The summed E-state index contributed by atoms with van der Waals surface area (Å²) < 4.78 is 2.18. The van der Waals surface area contributed by atoms with Crippen LogP contribution < -0.4 is 5.32 Å². The zero-order valence-electron chi connectivity index (χ0n) is 10.7. The van der Waals surface area contributed by atoms with E-state index in [1.165, 1.54) is 10.6 Å². The minimum absolute atomic E-state index is 0.851. The van der Waals surface area contributed by atoms with Gasteiger partial charge in [-0.25, -0.2) is 4.98 Å². The van der Waals surface area contributed by atoms with Crippen molar-refractivity contribution in [2.45, 2.75) is 23.4 Å². The summed E-state index contributed by atoms with van der Waals surface area (Å²) in [4.78, 5) is 7.01. The molecule has 19 heavy (non-hydrogen) atoms. The first-order valence-electron chi connectivity index (χ1n) is 6.26. The molecule has 2 aromatic heterocycles. The number of aromatic nitrogens is 2. The van der Waals surface area contributed by atoms with Crippen molar-refractivity contribution in [1.29, 1.82) is 0 Å². The number of benzene rings is 1. The van der Waals surface area contributed by atoms with E-state index in [0.29, 0.717) is 0 Å². The molecule has 3 nitrogen and oxygen atoms in total. The monoisotopic (exact) mass is 289 g/mol. The van der Waals surface area contributed by atoms with Gasteiger partial charge in [0.1, 0.15) is 5.03 Å². The van der Waals surface area contributed by atoms with Gasteiger partial charge in [0.05, 0.1) is 5.69 Å². The number of nitrogens with one attached hydrogen (secondary N) is 1. The Balaban J connectivity index is 1.95. The number of thiazole rings is 1. The first kappa shape index (κ1) is 12.7. The first-order chi connectivity index (χ1) is 9.38. The van der Waals surface area contributed by atoms with Gasteiger partial charge < -0.3 is 5.32 Å². The number of nitrogens with zero attached hydrogens (tertiary/aromatic N) is 2. The van der Waals surface area contributed by atoms with Crippen LogP contribution in [0, 0.1) is 0 Å². The molecule has 0 bridgehead atoms. The average Bonchev–Trinajstić information content (AvgIpc) is 2.99. The van der Waals surface area contributed by atoms with Crippen molar-refractivity contribution in [3.8, 4) is 0 Å². The second-order valence-corrected chi connectivity index (χ2v) is 6.05. The Hall–Kier alpha value is -1.30. The second-order valence-electron chi connectivity index (χ2n) is 4.11. The van der Waals surface area contributed by atoms with E-state index in [0.717, 1.165) is 23.1 Å². The molecule has 0 amide bonds. The molecule has 0 spiro atoms. The number of rotatable bonds is 5. The van der Waals surface area contributed by atoms with E-state index < -0.39 is 0 Å². The molecular formula is C14H15N3S2. The van der Waals surface area contributed by atoms with Gasteiger partial charge in [0.2, 0.25) is 0 Å². The zero-order valence-corrected chi connectivity index (χ0v) is 12.3. The molecule has 3 rings (SSSR count). The summed E-state index contributed by atoms with van der Waals surface area (Å²) in [5, 5.41) is 6.56. The fourth-order valence-corrected chi connectivity index (χ4v) is 3.63. The summed E-state index contributed by atoms with van der Waals surface area (Å²) in [7, 11) is 0. The standard InChI is InChI=1S/C14H15N3S2/c1-2-15-10-12-13(16-14-17(12)8-9-18-14)19-11-6-4-3-5-7-11/h3-9,15H,2,10H2,1H3. The van der Waals surface area contributed by atoms with Crippen molar-refractivity contribution < 1.29 is 0 Å². The molecule has 0 unspecified atom stereocenters. The van der Waals surface area contributed by atoms with Crippen LogP contribution in [0.5, 0.6) is 0 Å². The normalized spacial score (nSPS) is 11.2. The first-order valence-corrected chi connectivity index (χ1v) is 7.96. The molecule has 0 radical (unpaired) electrons. The van der Waals surface area contributed by atoms with E-state index in [-0.39, 0.29) is 0 Å². The lowest BCUT2D eigenvalue weighted by atomic mass is 10.4. The smallest absolute Gasteiger partial charge is 0.194 e. The van der Waals surface area contributed by atoms with Gasteiger partial charge in [-0.15, -0.1) is 11.3 Å². The van der Waals surface area contributed by atoms with E-state index in [1.54, 1.807) is 23.1 Å². The molecule has 0 aliphatic carbocycles. The lowest BCUT2D eigenvalue weighted by Crippen LogP contribution is -2.13. The highest BCUT2D eigenvalue weighted by molar-refractivity contribution is 7.99. The largest absolute Gasteiger partial charge is 0.311 e. The van der Waals surface area contributed by atoms with Crippen molar-refractivity contribution >= 4 is 28.1 Å². The third-order valence-electron chi connectivity index (χ3n) is 2.82. The highest BCUT2D eigenvalue weighted by Crippen LogP contribution is 2.31. The zero-order chi connectivity index (χ0) is 13.1. The summed E-state index contributed by atoms with van der Waals surface area (Å²) >= 11 is 3.41. The van der Waals surface area contributed by atoms with Crippen LogP contribution in [0.15, 0.2) is 51.8 Å². The Labute approximate surface area is 120 Å². The van der Waals surface area contributed by atoms with Gasteiger partial charge in [-0.3, -0.25) is 4.40 Å². The molecule has 0 aliphatic heterocycles. The van der Waals surface area contributed by atoms with Crippen LogP contribution in [0.25, 0.3) is 4.96 Å². The van der Waals surface area contributed by atoms with Crippen LogP contribution >= 0.6 is 23.1 Å². The number of fused-ring (bicyclic) bond motifs is 1. The Kier molecular flexibility index (Phi) is 3.87. The number of hydrogen-bond donors (Lipinski definition) is 1. The van der Waals surface area contributed by atoms with Crippen LogP contribution in [0.1, 0.15) is 12.6 Å². The van der Waals surface area contributed by atoms with Crippen LogP contribution in [0.2, 0.25) is 0 Å². The minimum atomic E-state index is 0.851. The Morgan fingerprint density at radius 1 is 1.32 bits per heavy atom. The Morgan fingerprint density at radius 2 is 2.16 bits per heavy atom. The molecule has 0 saturated carbocycles. The molecule has 1 aromatic carbocycles. The number of imidazole rings is 1. The Morgan fingerprint density at radius 3 is 2.95 bits per heavy atom. The van der Waals surface area contributed by atoms with Gasteiger partial charge in [0.25, 0.3) is 0 Å². The van der Waals surface area contributed by atoms with Crippen molar-refractivity contribution in [3.05, 3.63) is 47.6 Å². The van der Waals surface area contributed by atoms with Crippen molar-refractivity contribution in [2.24, 2.45) is 0 Å². The van der Waals surface area contributed by atoms with Gasteiger partial charge in [0.15, 0.2) is 4.96 Å². The highest BCUT2D eigenvalue weighted by atomic mass is 32.2.